The van der Waals surface area contributed by atoms with Gasteiger partial charge in [0.1, 0.15) is 5.75 Å². The summed E-state index contributed by atoms with van der Waals surface area (Å²) in [6.45, 7) is 2.54. The van der Waals surface area contributed by atoms with Gasteiger partial charge in [-0.2, -0.15) is 0 Å². The number of nitrogens with one attached hydrogen (secondary N) is 1. The maximum Gasteiger partial charge on any atom is 0.266 e. The largest absolute Gasteiger partial charge is 0.494 e. The molecule has 0 fully saturated rings. The van der Waals surface area contributed by atoms with Crippen LogP contribution in [-0.4, -0.2) is 11.0 Å². The van der Waals surface area contributed by atoms with E-state index in [1.54, 1.807) is 6.07 Å². The lowest BCUT2D eigenvalue weighted by molar-refractivity contribution is 0.341. The molecule has 4 heteroatoms. The third-order valence-corrected chi connectivity index (χ3v) is 2.62. The number of H-pyrrole nitrogens is 1. The molecule has 1 heterocycles. The van der Waals surface area contributed by atoms with Crippen LogP contribution in [0.15, 0.2) is 23.0 Å². The van der Waals surface area contributed by atoms with Gasteiger partial charge in [-0.3, -0.25) is 9.17 Å². The first-order valence-electron chi connectivity index (χ1n) is 4.05. The van der Waals surface area contributed by atoms with Crippen LogP contribution in [0.4, 0.5) is 0 Å². The Kier molecular flexibility index (Phi) is 2.06. The van der Waals surface area contributed by atoms with E-state index < -0.39 is 0 Å². The average molecular weight is 195 g/mol. The zero-order valence-corrected chi connectivity index (χ0v) is 7.98. The molecule has 0 atom stereocenters. The zero-order chi connectivity index (χ0) is 9.26. The molecule has 0 aliphatic carbocycles. The SMILES string of the molecule is CCOc1ccc2s[nH]c(=O)c2c1. The first kappa shape index (κ1) is 8.31. The molecular weight excluding hydrogens is 186 g/mol. The summed E-state index contributed by atoms with van der Waals surface area (Å²) >= 11 is 1.35. The molecule has 0 saturated carbocycles. The number of aromatic amines is 1. The number of benzene rings is 1. The smallest absolute Gasteiger partial charge is 0.266 e. The van der Waals surface area contributed by atoms with Crippen molar-refractivity contribution >= 4 is 21.6 Å². The van der Waals surface area contributed by atoms with E-state index in [4.69, 9.17) is 4.74 Å². The van der Waals surface area contributed by atoms with Crippen molar-refractivity contribution in [2.24, 2.45) is 0 Å². The molecule has 0 unspecified atom stereocenters. The fourth-order valence-electron chi connectivity index (χ4n) is 1.19. The van der Waals surface area contributed by atoms with Crippen molar-refractivity contribution in [3.63, 3.8) is 0 Å². The van der Waals surface area contributed by atoms with E-state index >= 15 is 0 Å². The second-order valence-corrected chi connectivity index (χ2v) is 3.47. The topological polar surface area (TPSA) is 42.1 Å². The Labute approximate surface area is 79.1 Å². The van der Waals surface area contributed by atoms with Gasteiger partial charge in [-0.15, -0.1) is 0 Å². The van der Waals surface area contributed by atoms with Crippen LogP contribution < -0.4 is 10.3 Å². The molecule has 3 nitrogen and oxygen atoms in total. The third-order valence-electron chi connectivity index (χ3n) is 1.76. The fourth-order valence-corrected chi connectivity index (χ4v) is 1.90. The Morgan fingerprint density at radius 1 is 1.54 bits per heavy atom. The van der Waals surface area contributed by atoms with Gasteiger partial charge in [0.05, 0.1) is 16.7 Å². The van der Waals surface area contributed by atoms with Crippen molar-refractivity contribution < 1.29 is 4.74 Å². The standard InChI is InChI=1S/C9H9NO2S/c1-2-12-6-3-4-8-7(5-6)9(11)10-13-8/h3-5H,2H2,1H3,(H,10,11). The lowest BCUT2D eigenvalue weighted by Crippen LogP contribution is -1.97. The number of hydrogen-bond acceptors (Lipinski definition) is 3. The summed E-state index contributed by atoms with van der Waals surface area (Å²) in [4.78, 5) is 11.2. The first-order valence-corrected chi connectivity index (χ1v) is 4.87. The number of rotatable bonds is 2. The second kappa shape index (κ2) is 3.22. The van der Waals surface area contributed by atoms with Crippen LogP contribution in [0, 0.1) is 0 Å². The molecule has 1 N–H and O–H groups in total. The molecule has 13 heavy (non-hydrogen) atoms. The maximum absolute atomic E-state index is 11.2. The minimum atomic E-state index is -0.0402. The van der Waals surface area contributed by atoms with Crippen molar-refractivity contribution in [1.82, 2.24) is 4.37 Å². The van der Waals surface area contributed by atoms with Gasteiger partial charge < -0.3 is 4.74 Å². The summed E-state index contributed by atoms with van der Waals surface area (Å²) in [5.41, 5.74) is -0.0402. The van der Waals surface area contributed by atoms with Crippen molar-refractivity contribution in [3.8, 4) is 5.75 Å². The molecule has 0 bridgehead atoms. The summed E-state index contributed by atoms with van der Waals surface area (Å²) in [5.74, 6) is 0.749. The zero-order valence-electron chi connectivity index (χ0n) is 7.16. The maximum atomic E-state index is 11.2. The van der Waals surface area contributed by atoms with Crippen LogP contribution >= 0.6 is 11.5 Å². The Balaban J connectivity index is 2.59. The van der Waals surface area contributed by atoms with Gasteiger partial charge in [-0.1, -0.05) is 11.5 Å². The Morgan fingerprint density at radius 2 is 2.38 bits per heavy atom. The molecule has 0 saturated heterocycles. The summed E-state index contributed by atoms with van der Waals surface area (Å²) in [6.07, 6.45) is 0. The highest BCUT2D eigenvalue weighted by Gasteiger charge is 2.02. The van der Waals surface area contributed by atoms with Crippen LogP contribution in [0.5, 0.6) is 5.75 Å². The molecule has 0 radical (unpaired) electrons. The Hall–Kier alpha value is -1.29. The fraction of sp³-hybridized carbons (Fsp3) is 0.222. The quantitative estimate of drug-likeness (QED) is 0.796. The summed E-state index contributed by atoms with van der Waals surface area (Å²) in [7, 11) is 0. The third kappa shape index (κ3) is 1.45. The first-order chi connectivity index (χ1) is 6.31. The van der Waals surface area contributed by atoms with Crippen LogP contribution in [0.3, 0.4) is 0 Å². The molecule has 0 aliphatic heterocycles. The molecule has 2 aromatic rings. The number of fused-ring (bicyclic) bond motifs is 1. The van der Waals surface area contributed by atoms with Gasteiger partial charge in [-0.25, -0.2) is 0 Å². The number of aromatic nitrogens is 1. The van der Waals surface area contributed by atoms with E-state index in [2.05, 4.69) is 4.37 Å². The summed E-state index contributed by atoms with van der Waals surface area (Å²) in [6, 6.07) is 5.53. The molecule has 1 aromatic carbocycles. The Morgan fingerprint density at radius 3 is 3.15 bits per heavy atom. The predicted molar refractivity (Wildman–Crippen MR) is 53.6 cm³/mol. The van der Waals surface area contributed by atoms with Crippen LogP contribution in [0.1, 0.15) is 6.92 Å². The second-order valence-electron chi connectivity index (χ2n) is 2.62. The lowest BCUT2D eigenvalue weighted by Gasteiger charge is -2.00. The van der Waals surface area contributed by atoms with E-state index in [1.165, 1.54) is 11.5 Å². The number of hydrogen-bond donors (Lipinski definition) is 1. The predicted octanol–water partition coefficient (Wildman–Crippen LogP) is 1.99. The van der Waals surface area contributed by atoms with Crippen molar-refractivity contribution in [3.05, 3.63) is 28.6 Å². The van der Waals surface area contributed by atoms with Gasteiger partial charge in [0.25, 0.3) is 5.56 Å². The Bertz CT molecular complexity index is 472. The van der Waals surface area contributed by atoms with Crippen LogP contribution in [0.2, 0.25) is 0 Å². The molecule has 68 valence electrons. The minimum absolute atomic E-state index is 0.0402. The van der Waals surface area contributed by atoms with Crippen molar-refractivity contribution in [1.29, 1.82) is 0 Å². The van der Waals surface area contributed by atoms with E-state index in [0.717, 1.165) is 10.4 Å². The lowest BCUT2D eigenvalue weighted by atomic mass is 10.2. The molecular formula is C9H9NO2S. The normalized spacial score (nSPS) is 10.5. The van der Waals surface area contributed by atoms with Gasteiger partial charge in [0.2, 0.25) is 0 Å². The van der Waals surface area contributed by atoms with E-state index in [-0.39, 0.29) is 5.56 Å². The van der Waals surface area contributed by atoms with Gasteiger partial charge in [0.15, 0.2) is 0 Å². The van der Waals surface area contributed by atoms with Crippen LogP contribution in [0.25, 0.3) is 10.1 Å². The molecule has 0 aliphatic rings. The minimum Gasteiger partial charge on any atom is -0.494 e. The van der Waals surface area contributed by atoms with E-state index in [0.29, 0.717) is 12.0 Å². The highest BCUT2D eigenvalue weighted by molar-refractivity contribution is 7.13. The molecule has 1 aromatic heterocycles. The van der Waals surface area contributed by atoms with Crippen molar-refractivity contribution in [2.75, 3.05) is 6.61 Å². The number of ether oxygens (including phenoxy) is 1. The summed E-state index contributed by atoms with van der Waals surface area (Å²) in [5, 5.41) is 0.705. The molecule has 2 rings (SSSR count). The van der Waals surface area contributed by atoms with E-state index in [1.807, 2.05) is 19.1 Å². The highest BCUT2D eigenvalue weighted by Crippen LogP contribution is 2.20. The monoisotopic (exact) mass is 195 g/mol. The average Bonchev–Trinajstić information content (AvgIpc) is 2.49. The van der Waals surface area contributed by atoms with E-state index in [9.17, 15) is 4.79 Å². The van der Waals surface area contributed by atoms with Gasteiger partial charge >= 0.3 is 0 Å². The highest BCUT2D eigenvalue weighted by atomic mass is 32.1. The van der Waals surface area contributed by atoms with Crippen molar-refractivity contribution in [2.45, 2.75) is 6.92 Å². The van der Waals surface area contributed by atoms with Crippen LogP contribution in [-0.2, 0) is 0 Å². The van der Waals surface area contributed by atoms with Gasteiger partial charge in [-0.05, 0) is 25.1 Å². The van der Waals surface area contributed by atoms with Gasteiger partial charge in [0, 0.05) is 0 Å². The molecule has 0 amide bonds. The molecule has 0 spiro atoms. The summed E-state index contributed by atoms with van der Waals surface area (Å²) < 4.78 is 8.93.